The third kappa shape index (κ3) is 3.66. The summed E-state index contributed by atoms with van der Waals surface area (Å²) in [5.41, 5.74) is 6.63. The van der Waals surface area contributed by atoms with Crippen molar-refractivity contribution in [2.75, 3.05) is 5.32 Å². The average Bonchev–Trinajstić information content (AvgIpc) is 3.16. The highest BCUT2D eigenvalue weighted by Crippen LogP contribution is 2.31. The van der Waals surface area contributed by atoms with Crippen LogP contribution in [0.5, 0.6) is 0 Å². The number of nitrogens with zero attached hydrogens (tertiary/aromatic N) is 2. The maximum atomic E-state index is 12.2. The smallest absolute Gasteiger partial charge is 0.246 e. The summed E-state index contributed by atoms with van der Waals surface area (Å²) in [6, 6.07) is 10.2. The number of amides is 1. The number of nitrogens with two attached hydrogens (primary N) is 1. The van der Waals surface area contributed by atoms with Gasteiger partial charge in [-0.2, -0.15) is 0 Å². The Kier molecular flexibility index (Phi) is 4.75. The van der Waals surface area contributed by atoms with Crippen LogP contribution in [0.25, 0.3) is 0 Å². The number of benzene rings is 1. The molecule has 3 rings (SSSR count). The average molecular weight is 334 g/mol. The molecule has 22 heavy (non-hydrogen) atoms. The highest BCUT2D eigenvalue weighted by molar-refractivity contribution is 8.00. The predicted molar refractivity (Wildman–Crippen MR) is 89.9 cm³/mol. The number of anilines is 1. The Morgan fingerprint density at radius 3 is 2.73 bits per heavy atom. The Hall–Kier alpha value is -1.44. The quantitative estimate of drug-likeness (QED) is 0.649. The molecule has 0 bridgehead atoms. The fourth-order valence-electron chi connectivity index (χ4n) is 2.49. The van der Waals surface area contributed by atoms with Gasteiger partial charge >= 0.3 is 0 Å². The first kappa shape index (κ1) is 15.5. The summed E-state index contributed by atoms with van der Waals surface area (Å²) in [4.78, 5) is 12.2. The highest BCUT2D eigenvalue weighted by atomic mass is 32.2. The monoisotopic (exact) mass is 334 g/mol. The number of aromatic nitrogens is 2. The molecule has 0 saturated heterocycles. The molecule has 1 fully saturated rings. The molecule has 0 aliphatic heterocycles. The number of carbonyl (C=O) groups excluding carboxylic acids is 1. The number of carbonyl (C=O) groups is 1. The van der Waals surface area contributed by atoms with Gasteiger partial charge < -0.3 is 5.73 Å². The molecule has 1 aromatic carbocycles. The second kappa shape index (κ2) is 6.76. The number of rotatable bonds is 5. The van der Waals surface area contributed by atoms with E-state index in [9.17, 15) is 4.79 Å². The standard InChI is InChI=1S/C15H18N4OS2/c16-15(8-4-5-9-15)12(20)17-13-18-19-14(22-13)21-10-11-6-2-1-3-7-11/h1-3,6-7H,4-5,8-10,16H2,(H,17,18,20). The van der Waals surface area contributed by atoms with Gasteiger partial charge in [0.05, 0.1) is 5.54 Å². The molecule has 5 nitrogen and oxygen atoms in total. The van der Waals surface area contributed by atoms with Gasteiger partial charge in [0.1, 0.15) is 0 Å². The van der Waals surface area contributed by atoms with Gasteiger partial charge in [-0.1, -0.05) is 66.3 Å². The zero-order valence-electron chi connectivity index (χ0n) is 12.1. The van der Waals surface area contributed by atoms with Crippen LogP contribution in [0.15, 0.2) is 34.7 Å². The van der Waals surface area contributed by atoms with E-state index in [1.807, 2.05) is 18.2 Å². The molecule has 0 radical (unpaired) electrons. The fourth-order valence-corrected chi connectivity index (χ4v) is 4.20. The topological polar surface area (TPSA) is 80.9 Å². The summed E-state index contributed by atoms with van der Waals surface area (Å²) < 4.78 is 0.844. The molecular weight excluding hydrogens is 316 g/mol. The Morgan fingerprint density at radius 2 is 2.00 bits per heavy atom. The van der Waals surface area contributed by atoms with Gasteiger partial charge in [-0.3, -0.25) is 10.1 Å². The van der Waals surface area contributed by atoms with Crippen molar-refractivity contribution < 1.29 is 4.79 Å². The van der Waals surface area contributed by atoms with E-state index in [1.54, 1.807) is 11.8 Å². The van der Waals surface area contributed by atoms with Crippen LogP contribution in [-0.4, -0.2) is 21.6 Å². The Bertz CT molecular complexity index is 638. The van der Waals surface area contributed by atoms with Crippen LogP contribution in [0, 0.1) is 0 Å². The lowest BCUT2D eigenvalue weighted by molar-refractivity contribution is -0.121. The van der Waals surface area contributed by atoms with Crippen LogP contribution < -0.4 is 11.1 Å². The van der Waals surface area contributed by atoms with E-state index < -0.39 is 5.54 Å². The van der Waals surface area contributed by atoms with Gasteiger partial charge in [0.15, 0.2) is 4.34 Å². The second-order valence-electron chi connectivity index (χ2n) is 5.46. The molecule has 1 aliphatic rings. The zero-order valence-corrected chi connectivity index (χ0v) is 13.8. The van der Waals surface area contributed by atoms with Gasteiger partial charge in [-0.25, -0.2) is 0 Å². The van der Waals surface area contributed by atoms with Crippen molar-refractivity contribution >= 4 is 34.1 Å². The maximum Gasteiger partial charge on any atom is 0.246 e. The van der Waals surface area contributed by atoms with E-state index in [4.69, 9.17) is 5.73 Å². The van der Waals surface area contributed by atoms with Crippen molar-refractivity contribution in [2.24, 2.45) is 5.73 Å². The van der Waals surface area contributed by atoms with Crippen molar-refractivity contribution in [1.82, 2.24) is 10.2 Å². The van der Waals surface area contributed by atoms with Crippen LogP contribution in [0.3, 0.4) is 0 Å². The molecule has 1 amide bonds. The highest BCUT2D eigenvalue weighted by Gasteiger charge is 2.37. The Balaban J connectivity index is 1.56. The van der Waals surface area contributed by atoms with Crippen molar-refractivity contribution in [3.8, 4) is 0 Å². The van der Waals surface area contributed by atoms with Crippen molar-refractivity contribution in [2.45, 2.75) is 41.3 Å². The van der Waals surface area contributed by atoms with Crippen LogP contribution in [0.1, 0.15) is 31.2 Å². The molecule has 0 spiro atoms. The third-order valence-corrected chi connectivity index (χ3v) is 5.82. The van der Waals surface area contributed by atoms with Crippen molar-refractivity contribution in [1.29, 1.82) is 0 Å². The van der Waals surface area contributed by atoms with E-state index in [0.717, 1.165) is 35.8 Å². The fraction of sp³-hybridized carbons (Fsp3) is 0.400. The van der Waals surface area contributed by atoms with Crippen LogP contribution in [0.2, 0.25) is 0 Å². The molecule has 2 aromatic rings. The first-order valence-electron chi connectivity index (χ1n) is 7.26. The molecule has 1 saturated carbocycles. The first-order valence-corrected chi connectivity index (χ1v) is 9.06. The lowest BCUT2D eigenvalue weighted by Gasteiger charge is -2.20. The van der Waals surface area contributed by atoms with E-state index in [1.165, 1.54) is 16.9 Å². The third-order valence-electron chi connectivity index (χ3n) is 3.78. The minimum Gasteiger partial charge on any atom is -0.317 e. The van der Waals surface area contributed by atoms with Crippen LogP contribution >= 0.6 is 23.1 Å². The zero-order chi connectivity index (χ0) is 15.4. The van der Waals surface area contributed by atoms with Crippen molar-refractivity contribution in [3.63, 3.8) is 0 Å². The SMILES string of the molecule is NC1(C(=O)Nc2nnc(SCc3ccccc3)s2)CCCC1. The van der Waals surface area contributed by atoms with E-state index in [0.29, 0.717) is 5.13 Å². The number of hydrogen-bond acceptors (Lipinski definition) is 6. The number of thioether (sulfide) groups is 1. The molecule has 1 aromatic heterocycles. The van der Waals surface area contributed by atoms with Crippen molar-refractivity contribution in [3.05, 3.63) is 35.9 Å². The summed E-state index contributed by atoms with van der Waals surface area (Å²) >= 11 is 3.01. The number of hydrogen-bond donors (Lipinski definition) is 2. The summed E-state index contributed by atoms with van der Waals surface area (Å²) in [5.74, 6) is 0.699. The van der Waals surface area contributed by atoms with Gasteiger partial charge in [0.25, 0.3) is 0 Å². The van der Waals surface area contributed by atoms with Gasteiger partial charge in [-0.05, 0) is 18.4 Å². The van der Waals surface area contributed by atoms with E-state index >= 15 is 0 Å². The molecule has 7 heteroatoms. The molecular formula is C15H18N4OS2. The molecule has 116 valence electrons. The lowest BCUT2D eigenvalue weighted by Crippen LogP contribution is -2.48. The van der Waals surface area contributed by atoms with Crippen LogP contribution in [0.4, 0.5) is 5.13 Å². The second-order valence-corrected chi connectivity index (χ2v) is 7.66. The molecule has 0 atom stereocenters. The van der Waals surface area contributed by atoms with E-state index in [-0.39, 0.29) is 5.91 Å². The Labute approximate surface area is 137 Å². The number of nitrogens with one attached hydrogen (secondary N) is 1. The Morgan fingerprint density at radius 1 is 1.27 bits per heavy atom. The van der Waals surface area contributed by atoms with Gasteiger partial charge in [-0.15, -0.1) is 10.2 Å². The molecule has 0 unspecified atom stereocenters. The summed E-state index contributed by atoms with van der Waals surface area (Å²) in [7, 11) is 0. The molecule has 1 aliphatic carbocycles. The predicted octanol–water partition coefficient (Wildman–Crippen LogP) is 3.04. The normalized spacial score (nSPS) is 16.6. The maximum absolute atomic E-state index is 12.2. The van der Waals surface area contributed by atoms with Crippen LogP contribution in [-0.2, 0) is 10.5 Å². The summed E-state index contributed by atoms with van der Waals surface area (Å²) in [6.45, 7) is 0. The van der Waals surface area contributed by atoms with E-state index in [2.05, 4.69) is 27.6 Å². The minimum absolute atomic E-state index is 0.138. The largest absolute Gasteiger partial charge is 0.317 e. The molecule has 3 N–H and O–H groups in total. The lowest BCUT2D eigenvalue weighted by atomic mass is 9.98. The first-order chi connectivity index (χ1) is 10.7. The minimum atomic E-state index is -0.733. The summed E-state index contributed by atoms with van der Waals surface area (Å²) in [5, 5.41) is 11.5. The molecule has 1 heterocycles. The van der Waals surface area contributed by atoms with Gasteiger partial charge in [0.2, 0.25) is 11.0 Å². The van der Waals surface area contributed by atoms with Gasteiger partial charge in [0, 0.05) is 5.75 Å². The summed E-state index contributed by atoms with van der Waals surface area (Å²) in [6.07, 6.45) is 3.51.